The third-order valence-corrected chi connectivity index (χ3v) is 8.05. The zero-order valence-corrected chi connectivity index (χ0v) is 24.5. The Labute approximate surface area is 229 Å². The van der Waals surface area contributed by atoms with E-state index in [0.717, 1.165) is 32.1 Å². The Kier molecular flexibility index (Phi) is 21.7. The van der Waals surface area contributed by atoms with Gasteiger partial charge in [0.25, 0.3) is 0 Å². The summed E-state index contributed by atoms with van der Waals surface area (Å²) in [5.74, 6) is -2.48. The van der Waals surface area contributed by atoms with Crippen LogP contribution in [-0.2, 0) is 14.3 Å². The van der Waals surface area contributed by atoms with Crippen LogP contribution < -0.4 is 0 Å². The number of carboxylic acid groups (broad SMARTS) is 1. The highest BCUT2D eigenvalue weighted by Gasteiger charge is 2.35. The molecule has 0 saturated carbocycles. The van der Waals surface area contributed by atoms with Crippen LogP contribution in [-0.4, -0.2) is 23.1 Å². The highest BCUT2D eigenvalue weighted by molar-refractivity contribution is 5.83. The number of allylic oxidation sites excluding steroid dienone is 1. The van der Waals surface area contributed by atoms with E-state index in [1.807, 2.05) is 6.08 Å². The fraction of sp³-hybridized carbons (Fsp3) is 0.879. The van der Waals surface area contributed by atoms with E-state index < -0.39 is 17.8 Å². The van der Waals surface area contributed by atoms with E-state index in [4.69, 9.17) is 4.74 Å². The van der Waals surface area contributed by atoms with Crippen LogP contribution in [0.25, 0.3) is 0 Å². The van der Waals surface area contributed by atoms with Crippen LogP contribution in [0.5, 0.6) is 0 Å². The number of esters is 1. The van der Waals surface area contributed by atoms with Crippen molar-refractivity contribution in [1.29, 1.82) is 0 Å². The molecule has 0 fully saturated rings. The van der Waals surface area contributed by atoms with Crippen LogP contribution in [0.1, 0.15) is 168 Å². The molecule has 1 aliphatic carbocycles. The maximum atomic E-state index is 13.0. The van der Waals surface area contributed by atoms with Crippen molar-refractivity contribution in [1.82, 2.24) is 0 Å². The van der Waals surface area contributed by atoms with Gasteiger partial charge in [0.2, 0.25) is 0 Å². The molecular formula is C33H60O4. The van der Waals surface area contributed by atoms with E-state index in [-0.39, 0.29) is 12.1 Å². The molecule has 4 heteroatoms. The molecule has 0 spiro atoms. The summed E-state index contributed by atoms with van der Waals surface area (Å²) in [6.07, 6.45) is 32.6. The minimum atomic E-state index is -0.882. The molecular weight excluding hydrogens is 460 g/mol. The molecule has 1 N–H and O–H groups in total. The zero-order chi connectivity index (χ0) is 27.0. The van der Waals surface area contributed by atoms with Crippen molar-refractivity contribution in [3.8, 4) is 0 Å². The summed E-state index contributed by atoms with van der Waals surface area (Å²) in [5, 5.41) is 9.56. The lowest BCUT2D eigenvalue weighted by molar-refractivity contribution is -0.160. The molecule has 1 aliphatic rings. The lowest BCUT2D eigenvalue weighted by Crippen LogP contribution is -2.33. The Balaban J connectivity index is 2.35. The van der Waals surface area contributed by atoms with Gasteiger partial charge in [-0.2, -0.15) is 0 Å². The summed E-state index contributed by atoms with van der Waals surface area (Å²) < 4.78 is 5.98. The standard InChI is InChI=1S/C33H60O4/c1-3-5-7-9-11-13-15-17-19-21-25-29(26-22-20-18-16-14-12-10-8-6-4-2)37-33(36)31-28-24-23-27-30(31)32(34)35/h24,28-31H,3-23,25-27H2,1-2H3,(H,34,35). The molecule has 0 aromatic rings. The average Bonchev–Trinajstić information content (AvgIpc) is 2.90. The minimum absolute atomic E-state index is 0.0691. The molecule has 0 amide bonds. The fourth-order valence-electron chi connectivity index (χ4n) is 5.58. The maximum absolute atomic E-state index is 13.0. The Morgan fingerprint density at radius 2 is 1.11 bits per heavy atom. The Morgan fingerprint density at radius 1 is 0.703 bits per heavy atom. The van der Waals surface area contributed by atoms with E-state index in [2.05, 4.69) is 13.8 Å². The van der Waals surface area contributed by atoms with Gasteiger partial charge in [0, 0.05) is 0 Å². The maximum Gasteiger partial charge on any atom is 0.313 e. The first-order valence-electron chi connectivity index (χ1n) is 16.2. The van der Waals surface area contributed by atoms with E-state index in [9.17, 15) is 14.7 Å². The zero-order valence-electron chi connectivity index (χ0n) is 24.5. The van der Waals surface area contributed by atoms with Crippen molar-refractivity contribution in [2.24, 2.45) is 11.8 Å². The quantitative estimate of drug-likeness (QED) is 0.0738. The average molecular weight is 521 g/mol. The summed E-state index contributed by atoms with van der Waals surface area (Å²) in [5.41, 5.74) is 0. The van der Waals surface area contributed by atoms with Gasteiger partial charge in [0.15, 0.2) is 0 Å². The third-order valence-electron chi connectivity index (χ3n) is 8.05. The molecule has 1 rings (SSSR count). The van der Waals surface area contributed by atoms with Crippen molar-refractivity contribution in [3.05, 3.63) is 12.2 Å². The number of carboxylic acids is 1. The van der Waals surface area contributed by atoms with Gasteiger partial charge in [-0.05, 0) is 38.5 Å². The molecule has 216 valence electrons. The van der Waals surface area contributed by atoms with Crippen LogP contribution in [0.2, 0.25) is 0 Å². The number of ether oxygens (including phenoxy) is 1. The second kappa shape index (κ2) is 23.8. The smallest absolute Gasteiger partial charge is 0.313 e. The van der Waals surface area contributed by atoms with Crippen LogP contribution in [0.15, 0.2) is 12.2 Å². The summed E-state index contributed by atoms with van der Waals surface area (Å²) in [6, 6.07) is 0. The van der Waals surface area contributed by atoms with E-state index in [1.165, 1.54) is 116 Å². The normalized spacial score (nSPS) is 17.4. The first-order valence-corrected chi connectivity index (χ1v) is 16.2. The lowest BCUT2D eigenvalue weighted by Gasteiger charge is -2.26. The first kappa shape index (κ1) is 33.7. The highest BCUT2D eigenvalue weighted by Crippen LogP contribution is 2.28. The summed E-state index contributed by atoms with van der Waals surface area (Å²) in [4.78, 5) is 24.6. The Bertz CT molecular complexity index is 561. The van der Waals surface area contributed by atoms with Crippen molar-refractivity contribution in [3.63, 3.8) is 0 Å². The molecule has 0 aliphatic heterocycles. The molecule has 2 atom stereocenters. The van der Waals surface area contributed by atoms with Gasteiger partial charge in [-0.15, -0.1) is 0 Å². The van der Waals surface area contributed by atoms with Gasteiger partial charge >= 0.3 is 11.9 Å². The number of hydrogen-bond donors (Lipinski definition) is 1. The summed E-state index contributed by atoms with van der Waals surface area (Å²) >= 11 is 0. The van der Waals surface area contributed by atoms with Crippen molar-refractivity contribution >= 4 is 11.9 Å². The summed E-state index contributed by atoms with van der Waals surface area (Å²) in [6.45, 7) is 4.52. The molecule has 0 bridgehead atoms. The molecule has 2 unspecified atom stereocenters. The van der Waals surface area contributed by atoms with Gasteiger partial charge in [0.05, 0.1) is 11.8 Å². The van der Waals surface area contributed by atoms with Gasteiger partial charge in [-0.25, -0.2) is 0 Å². The topological polar surface area (TPSA) is 63.6 Å². The third kappa shape index (κ3) is 17.7. The molecule has 0 radical (unpaired) electrons. The lowest BCUT2D eigenvalue weighted by atomic mass is 9.84. The van der Waals surface area contributed by atoms with Crippen LogP contribution in [0.3, 0.4) is 0 Å². The summed E-state index contributed by atoms with van der Waals surface area (Å²) in [7, 11) is 0. The molecule has 0 aromatic heterocycles. The Morgan fingerprint density at radius 3 is 1.51 bits per heavy atom. The predicted octanol–water partition coefficient (Wildman–Crippen LogP) is 10.2. The largest absolute Gasteiger partial charge is 0.481 e. The van der Waals surface area contributed by atoms with Gasteiger partial charge in [-0.3, -0.25) is 9.59 Å². The highest BCUT2D eigenvalue weighted by atomic mass is 16.5. The SMILES string of the molecule is CCCCCCCCCCCCC(CCCCCCCCCCCC)OC(=O)C1C=CCCC1C(=O)O. The molecule has 37 heavy (non-hydrogen) atoms. The van der Waals surface area contributed by atoms with Crippen LogP contribution in [0, 0.1) is 11.8 Å². The number of unbranched alkanes of at least 4 members (excludes halogenated alkanes) is 18. The Hall–Kier alpha value is -1.32. The van der Waals surface area contributed by atoms with E-state index in [0.29, 0.717) is 6.42 Å². The van der Waals surface area contributed by atoms with Crippen LogP contribution >= 0.6 is 0 Å². The first-order chi connectivity index (χ1) is 18.1. The van der Waals surface area contributed by atoms with Crippen molar-refractivity contribution < 1.29 is 19.4 Å². The molecule has 0 aromatic carbocycles. The van der Waals surface area contributed by atoms with Gasteiger partial charge < -0.3 is 9.84 Å². The number of carbonyl (C=O) groups is 2. The number of rotatable bonds is 25. The number of hydrogen-bond acceptors (Lipinski definition) is 3. The van der Waals surface area contributed by atoms with Crippen molar-refractivity contribution in [2.75, 3.05) is 0 Å². The predicted molar refractivity (Wildman–Crippen MR) is 156 cm³/mol. The van der Waals surface area contributed by atoms with E-state index >= 15 is 0 Å². The van der Waals surface area contributed by atoms with Crippen molar-refractivity contribution in [2.45, 2.75) is 174 Å². The van der Waals surface area contributed by atoms with Crippen LogP contribution in [0.4, 0.5) is 0 Å². The fourth-order valence-corrected chi connectivity index (χ4v) is 5.58. The molecule has 0 saturated heterocycles. The van der Waals surface area contributed by atoms with Gasteiger partial charge in [0.1, 0.15) is 6.10 Å². The number of aliphatic carboxylic acids is 1. The molecule has 0 heterocycles. The second-order valence-electron chi connectivity index (χ2n) is 11.5. The number of carbonyl (C=O) groups excluding carboxylic acids is 1. The second-order valence-corrected chi connectivity index (χ2v) is 11.5. The molecule has 4 nitrogen and oxygen atoms in total. The van der Waals surface area contributed by atoms with Gasteiger partial charge in [-0.1, -0.05) is 142 Å². The monoisotopic (exact) mass is 520 g/mol. The minimum Gasteiger partial charge on any atom is -0.481 e. The van der Waals surface area contributed by atoms with E-state index in [1.54, 1.807) is 6.08 Å².